The van der Waals surface area contributed by atoms with Crippen molar-refractivity contribution in [2.45, 2.75) is 26.3 Å². The summed E-state index contributed by atoms with van der Waals surface area (Å²) in [6.45, 7) is 3.83. The quantitative estimate of drug-likeness (QED) is 0.154. The number of hydrogen-bond acceptors (Lipinski definition) is 7. The molecule has 0 spiro atoms. The molecule has 8 nitrogen and oxygen atoms in total. The Balaban J connectivity index is 1.28. The van der Waals surface area contributed by atoms with Crippen LogP contribution in [0.25, 0.3) is 33.3 Å². The lowest BCUT2D eigenvalue weighted by atomic mass is 9.99. The number of hydrogen-bond donors (Lipinski definition) is 0. The molecule has 0 saturated heterocycles. The van der Waals surface area contributed by atoms with E-state index in [-0.39, 0.29) is 35.1 Å². The van der Waals surface area contributed by atoms with Crippen molar-refractivity contribution >= 4 is 16.8 Å². The molecule has 0 atom stereocenters. The molecule has 46 heavy (non-hydrogen) atoms. The summed E-state index contributed by atoms with van der Waals surface area (Å²) >= 11 is 0. The molecule has 0 radical (unpaired) electrons. The molecule has 6 aromatic rings. The first-order chi connectivity index (χ1) is 22.2. The van der Waals surface area contributed by atoms with Crippen LogP contribution in [0.15, 0.2) is 103 Å². The lowest BCUT2D eigenvalue weighted by molar-refractivity contribution is 0.0991. The zero-order valence-electron chi connectivity index (χ0n) is 25.2. The molecule has 0 bridgehead atoms. The van der Waals surface area contributed by atoms with Crippen molar-refractivity contribution in [1.82, 2.24) is 19.5 Å². The van der Waals surface area contributed by atoms with Crippen molar-refractivity contribution in [2.75, 3.05) is 7.11 Å². The maximum atomic E-state index is 15.4. The maximum absolute atomic E-state index is 15.4. The number of ether oxygens (including phenoxy) is 2. The van der Waals surface area contributed by atoms with Gasteiger partial charge < -0.3 is 14.0 Å². The van der Waals surface area contributed by atoms with Gasteiger partial charge in [0, 0.05) is 66.2 Å². The van der Waals surface area contributed by atoms with Gasteiger partial charge in [0.15, 0.2) is 28.5 Å². The van der Waals surface area contributed by atoms with Crippen LogP contribution in [0.3, 0.4) is 0 Å². The van der Waals surface area contributed by atoms with Crippen molar-refractivity contribution in [3.05, 3.63) is 131 Å². The predicted molar refractivity (Wildman–Crippen MR) is 170 cm³/mol. The number of methoxy groups -OCH3 is 1. The number of nitrogens with zero attached hydrogens (tertiary/aromatic N) is 4. The molecule has 0 unspecified atom stereocenters. The van der Waals surface area contributed by atoms with Gasteiger partial charge in [-0.15, -0.1) is 0 Å². The zero-order valence-corrected chi connectivity index (χ0v) is 25.2. The Bertz CT molecular complexity index is 2130. The SMILES string of the molecule is COc1nc2c(Oc3ccc(CC(=O)c4cn(C(C)C)cc(-c5ccc(F)cc5)c4=O)cc3F)ccnc2cc1-c1cccnc1. The number of carbonyl (C=O) groups is 1. The molecule has 0 aliphatic carbocycles. The van der Waals surface area contributed by atoms with Crippen LogP contribution in [-0.4, -0.2) is 32.4 Å². The summed E-state index contributed by atoms with van der Waals surface area (Å²) in [6.07, 6.45) is 7.83. The Morgan fingerprint density at radius 1 is 0.913 bits per heavy atom. The van der Waals surface area contributed by atoms with Gasteiger partial charge in [0.25, 0.3) is 0 Å². The molecule has 0 N–H and O–H groups in total. The summed E-state index contributed by atoms with van der Waals surface area (Å²) in [4.78, 5) is 40.0. The first kappa shape index (κ1) is 30.3. The number of carbonyl (C=O) groups excluding carboxylic acids is 1. The number of benzene rings is 2. The van der Waals surface area contributed by atoms with Gasteiger partial charge in [-0.1, -0.05) is 24.3 Å². The average molecular weight is 619 g/mol. The van der Waals surface area contributed by atoms with E-state index < -0.39 is 22.8 Å². The third kappa shape index (κ3) is 6.10. The van der Waals surface area contributed by atoms with E-state index in [0.717, 1.165) is 5.56 Å². The summed E-state index contributed by atoms with van der Waals surface area (Å²) < 4.78 is 42.1. The molecule has 0 aliphatic rings. The van der Waals surface area contributed by atoms with Gasteiger partial charge in [0.05, 0.1) is 18.2 Å². The highest BCUT2D eigenvalue weighted by molar-refractivity contribution is 5.98. The van der Waals surface area contributed by atoms with E-state index in [2.05, 4.69) is 15.0 Å². The Kier molecular flexibility index (Phi) is 8.35. The van der Waals surface area contributed by atoms with Crippen molar-refractivity contribution in [3.8, 4) is 39.6 Å². The first-order valence-corrected chi connectivity index (χ1v) is 14.5. The van der Waals surface area contributed by atoms with Crippen molar-refractivity contribution < 1.29 is 23.0 Å². The van der Waals surface area contributed by atoms with E-state index in [1.165, 1.54) is 55.9 Å². The minimum Gasteiger partial charge on any atom is -0.481 e. The van der Waals surface area contributed by atoms with Crippen LogP contribution in [0, 0.1) is 11.6 Å². The second kappa shape index (κ2) is 12.7. The van der Waals surface area contributed by atoms with Gasteiger partial charge >= 0.3 is 0 Å². The second-order valence-electron chi connectivity index (χ2n) is 10.9. The fourth-order valence-electron chi connectivity index (χ4n) is 5.06. The van der Waals surface area contributed by atoms with Gasteiger partial charge in [-0.2, -0.15) is 0 Å². The number of halogens is 2. The van der Waals surface area contributed by atoms with Crippen LogP contribution < -0.4 is 14.9 Å². The number of aromatic nitrogens is 4. The summed E-state index contributed by atoms with van der Waals surface area (Å²) in [7, 11) is 1.50. The van der Waals surface area contributed by atoms with Crippen LogP contribution in [0.2, 0.25) is 0 Å². The van der Waals surface area contributed by atoms with E-state index in [0.29, 0.717) is 33.6 Å². The third-order valence-electron chi connectivity index (χ3n) is 7.48. The topological polar surface area (TPSA) is 96.2 Å². The van der Waals surface area contributed by atoms with Gasteiger partial charge in [-0.3, -0.25) is 19.6 Å². The normalized spacial score (nSPS) is 11.2. The van der Waals surface area contributed by atoms with E-state index in [4.69, 9.17) is 9.47 Å². The summed E-state index contributed by atoms with van der Waals surface area (Å²) in [5.41, 5.74) is 2.97. The molecule has 0 saturated carbocycles. The summed E-state index contributed by atoms with van der Waals surface area (Å²) in [5, 5.41) is 0. The Morgan fingerprint density at radius 2 is 1.72 bits per heavy atom. The van der Waals surface area contributed by atoms with Gasteiger partial charge in [-0.05, 0) is 61.4 Å². The standard InChI is InChI=1S/C36H28F2N4O4/c1-21(2)42-19-27(23-7-9-25(37)10-8-23)35(44)28(20-42)31(43)16-22-6-11-32(29(38)15-22)46-33-12-14-40-30-17-26(24-5-4-13-39-18-24)36(45-3)41-34(30)33/h4-15,17-21H,16H2,1-3H3. The molecule has 2 aromatic carbocycles. The largest absolute Gasteiger partial charge is 0.481 e. The molecule has 0 amide bonds. The first-order valence-electron chi connectivity index (χ1n) is 14.5. The van der Waals surface area contributed by atoms with E-state index in [9.17, 15) is 14.0 Å². The second-order valence-corrected chi connectivity index (χ2v) is 10.9. The minimum absolute atomic E-state index is 0.0369. The Hall–Kier alpha value is -5.77. The monoisotopic (exact) mass is 618 g/mol. The van der Waals surface area contributed by atoms with E-state index in [1.807, 2.05) is 19.9 Å². The molecule has 0 aliphatic heterocycles. The van der Waals surface area contributed by atoms with Crippen molar-refractivity contribution in [2.24, 2.45) is 0 Å². The van der Waals surface area contributed by atoms with E-state index in [1.54, 1.807) is 47.4 Å². The van der Waals surface area contributed by atoms with Gasteiger partial charge in [0.2, 0.25) is 5.88 Å². The van der Waals surface area contributed by atoms with Crippen LogP contribution in [0.5, 0.6) is 17.4 Å². The number of ketones is 1. The smallest absolute Gasteiger partial charge is 0.221 e. The van der Waals surface area contributed by atoms with Crippen LogP contribution in [0.1, 0.15) is 35.8 Å². The van der Waals surface area contributed by atoms with Gasteiger partial charge in [0.1, 0.15) is 11.3 Å². The highest BCUT2D eigenvalue weighted by Crippen LogP contribution is 2.35. The summed E-state index contributed by atoms with van der Waals surface area (Å²) in [6, 6.07) is 16.7. The van der Waals surface area contributed by atoms with Crippen LogP contribution in [-0.2, 0) is 6.42 Å². The molecule has 10 heteroatoms. The minimum atomic E-state index is -0.700. The number of fused-ring (bicyclic) bond motifs is 1. The lowest BCUT2D eigenvalue weighted by Gasteiger charge is -2.15. The van der Waals surface area contributed by atoms with Crippen LogP contribution in [0.4, 0.5) is 8.78 Å². The number of rotatable bonds is 9. The lowest BCUT2D eigenvalue weighted by Crippen LogP contribution is -2.22. The van der Waals surface area contributed by atoms with Gasteiger partial charge in [-0.25, -0.2) is 13.8 Å². The van der Waals surface area contributed by atoms with Crippen molar-refractivity contribution in [3.63, 3.8) is 0 Å². The third-order valence-corrected chi connectivity index (χ3v) is 7.48. The molecule has 6 rings (SSSR count). The highest BCUT2D eigenvalue weighted by atomic mass is 19.1. The summed E-state index contributed by atoms with van der Waals surface area (Å²) in [5.74, 6) is -1.10. The molecule has 0 fully saturated rings. The zero-order chi connectivity index (χ0) is 32.4. The van der Waals surface area contributed by atoms with Crippen LogP contribution >= 0.6 is 0 Å². The highest BCUT2D eigenvalue weighted by Gasteiger charge is 2.20. The van der Waals surface area contributed by atoms with E-state index >= 15 is 4.39 Å². The maximum Gasteiger partial charge on any atom is 0.221 e. The molecular formula is C36H28F2N4O4. The molecular weight excluding hydrogens is 590 g/mol. The molecule has 4 aromatic heterocycles. The fraction of sp³-hybridized carbons (Fsp3) is 0.139. The number of pyridine rings is 4. The molecule has 230 valence electrons. The molecule has 4 heterocycles. The Morgan fingerprint density at radius 3 is 2.41 bits per heavy atom. The predicted octanol–water partition coefficient (Wildman–Crippen LogP) is 7.61. The average Bonchev–Trinajstić information content (AvgIpc) is 3.06. The Labute approximate surface area is 263 Å². The van der Waals surface area contributed by atoms with Crippen molar-refractivity contribution in [1.29, 1.82) is 0 Å². The number of Topliss-reactive ketones (excluding diaryl/α,β-unsaturated/α-hetero) is 1. The fourth-order valence-corrected chi connectivity index (χ4v) is 5.06.